The van der Waals surface area contributed by atoms with Crippen LogP contribution < -0.4 is 0 Å². The van der Waals surface area contributed by atoms with Crippen molar-refractivity contribution in [3.05, 3.63) is 47.4 Å². The van der Waals surface area contributed by atoms with Crippen molar-refractivity contribution in [2.24, 2.45) is 4.99 Å². The first kappa shape index (κ1) is 13.7. The van der Waals surface area contributed by atoms with Gasteiger partial charge >= 0.3 is 0 Å². The summed E-state index contributed by atoms with van der Waals surface area (Å²) in [5, 5.41) is 0. The number of aliphatic imine (C=N–C) groups is 1. The first-order valence-corrected chi connectivity index (χ1v) is 9.18. The van der Waals surface area contributed by atoms with Gasteiger partial charge in [0.25, 0.3) is 0 Å². The van der Waals surface area contributed by atoms with Gasteiger partial charge < -0.3 is 4.43 Å². The Morgan fingerprint density at radius 3 is 2.53 bits per heavy atom. The van der Waals surface area contributed by atoms with Crippen molar-refractivity contribution >= 4 is 14.5 Å². The van der Waals surface area contributed by atoms with E-state index in [-0.39, 0.29) is 0 Å². The Balaban J connectivity index is 2.78. The number of hydrogen-bond acceptors (Lipinski definition) is 2. The van der Waals surface area contributed by atoms with Gasteiger partial charge in [0.2, 0.25) is 8.32 Å². The molecular formula is C14H21NOSi. The first-order chi connectivity index (χ1) is 7.79. The van der Waals surface area contributed by atoms with Crippen molar-refractivity contribution in [3.8, 4) is 0 Å². The van der Waals surface area contributed by atoms with Gasteiger partial charge in [-0.2, -0.15) is 0 Å². The third-order valence-electron chi connectivity index (χ3n) is 2.42. The highest BCUT2D eigenvalue weighted by atomic mass is 28.4. The summed E-state index contributed by atoms with van der Waals surface area (Å²) >= 11 is 0. The lowest BCUT2D eigenvalue weighted by molar-refractivity contribution is 0.421. The van der Waals surface area contributed by atoms with E-state index in [0.29, 0.717) is 5.88 Å². The summed E-state index contributed by atoms with van der Waals surface area (Å²) in [5.41, 5.74) is 3.63. The maximum Gasteiger partial charge on any atom is 0.244 e. The zero-order valence-electron chi connectivity index (χ0n) is 11.4. The quantitative estimate of drug-likeness (QED) is 0.447. The lowest BCUT2D eigenvalue weighted by Crippen LogP contribution is -2.24. The predicted molar refractivity (Wildman–Crippen MR) is 77.1 cm³/mol. The lowest BCUT2D eigenvalue weighted by Gasteiger charge is -2.18. The second kappa shape index (κ2) is 5.32. The van der Waals surface area contributed by atoms with Crippen molar-refractivity contribution in [2.45, 2.75) is 33.5 Å². The zero-order valence-corrected chi connectivity index (χ0v) is 12.4. The summed E-state index contributed by atoms with van der Waals surface area (Å²) in [6.45, 7) is 14.4. The Labute approximate surface area is 105 Å². The average Bonchev–Trinajstić information content (AvgIpc) is 2.18. The van der Waals surface area contributed by atoms with Crippen LogP contribution in [0.1, 0.15) is 16.7 Å². The van der Waals surface area contributed by atoms with E-state index in [2.05, 4.69) is 51.1 Å². The Bertz CT molecular complexity index is 444. The van der Waals surface area contributed by atoms with Gasteiger partial charge in [-0.15, -0.1) is 0 Å². The number of hydrogen-bond donors (Lipinski definition) is 0. The molecule has 0 spiro atoms. The molecule has 0 aromatic heterocycles. The molecular weight excluding hydrogens is 226 g/mol. The van der Waals surface area contributed by atoms with Gasteiger partial charge in [-0.25, -0.2) is 4.99 Å². The van der Waals surface area contributed by atoms with Crippen molar-refractivity contribution in [2.75, 3.05) is 0 Å². The van der Waals surface area contributed by atoms with E-state index < -0.39 is 8.32 Å². The van der Waals surface area contributed by atoms with Gasteiger partial charge in [-0.05, 0) is 56.8 Å². The maximum absolute atomic E-state index is 5.68. The van der Waals surface area contributed by atoms with E-state index in [1.165, 1.54) is 11.1 Å². The molecule has 2 nitrogen and oxygen atoms in total. The molecule has 0 saturated carbocycles. The van der Waals surface area contributed by atoms with Crippen LogP contribution in [-0.4, -0.2) is 14.5 Å². The van der Waals surface area contributed by atoms with Gasteiger partial charge in [0, 0.05) is 6.21 Å². The van der Waals surface area contributed by atoms with Crippen molar-refractivity contribution in [1.82, 2.24) is 0 Å². The molecule has 0 fully saturated rings. The molecule has 92 valence electrons. The average molecular weight is 247 g/mol. The van der Waals surface area contributed by atoms with Crippen LogP contribution in [0.25, 0.3) is 0 Å². The summed E-state index contributed by atoms with van der Waals surface area (Å²) < 4.78 is 5.68. The lowest BCUT2D eigenvalue weighted by atomic mass is 10.0. The molecule has 0 unspecified atom stereocenters. The largest absolute Gasteiger partial charge is 0.532 e. The standard InChI is InChI=1S/C14H21NOSi/c1-11-8-7-9-14(12(11)2)10-15-13(3)16-17(4,5)6/h7-10H,3H2,1-2,4-6H3. The molecule has 0 aliphatic carbocycles. The highest BCUT2D eigenvalue weighted by Gasteiger charge is 2.16. The summed E-state index contributed by atoms with van der Waals surface area (Å²) in [5.74, 6) is 0.505. The molecule has 0 aliphatic heterocycles. The van der Waals surface area contributed by atoms with E-state index in [9.17, 15) is 0 Å². The fourth-order valence-electron chi connectivity index (χ4n) is 1.43. The highest BCUT2D eigenvalue weighted by molar-refractivity contribution is 6.70. The van der Waals surface area contributed by atoms with E-state index in [1.807, 2.05) is 18.3 Å². The number of aryl methyl sites for hydroxylation is 1. The molecule has 0 bridgehead atoms. The smallest absolute Gasteiger partial charge is 0.244 e. The zero-order chi connectivity index (χ0) is 13.1. The van der Waals surface area contributed by atoms with Crippen LogP contribution >= 0.6 is 0 Å². The second-order valence-corrected chi connectivity index (χ2v) is 9.58. The van der Waals surface area contributed by atoms with Crippen molar-refractivity contribution < 1.29 is 4.43 Å². The number of benzene rings is 1. The van der Waals surface area contributed by atoms with E-state index in [4.69, 9.17) is 4.43 Å². The van der Waals surface area contributed by atoms with Crippen LogP contribution in [0.4, 0.5) is 0 Å². The molecule has 0 saturated heterocycles. The maximum atomic E-state index is 5.68. The number of nitrogens with zero attached hydrogens (tertiary/aromatic N) is 1. The van der Waals surface area contributed by atoms with Crippen molar-refractivity contribution in [3.63, 3.8) is 0 Å². The minimum Gasteiger partial charge on any atom is -0.532 e. The SMILES string of the molecule is C=C(N=Cc1cccc(C)c1C)O[Si](C)(C)C. The number of rotatable bonds is 4. The Hall–Kier alpha value is -1.35. The highest BCUT2D eigenvalue weighted by Crippen LogP contribution is 2.13. The van der Waals surface area contributed by atoms with Gasteiger partial charge in [0.1, 0.15) is 0 Å². The van der Waals surface area contributed by atoms with Crippen LogP contribution in [-0.2, 0) is 4.43 Å². The molecule has 1 rings (SSSR count). The van der Waals surface area contributed by atoms with Crippen LogP contribution in [0.15, 0.2) is 35.7 Å². The summed E-state index contributed by atoms with van der Waals surface area (Å²) in [7, 11) is -1.60. The van der Waals surface area contributed by atoms with Crippen LogP contribution in [0, 0.1) is 13.8 Å². The van der Waals surface area contributed by atoms with E-state index in [1.54, 1.807) is 0 Å². The van der Waals surface area contributed by atoms with E-state index >= 15 is 0 Å². The molecule has 0 N–H and O–H groups in total. The topological polar surface area (TPSA) is 21.6 Å². The molecule has 1 aromatic carbocycles. The minimum atomic E-state index is -1.60. The molecule has 17 heavy (non-hydrogen) atoms. The Morgan fingerprint density at radius 1 is 1.29 bits per heavy atom. The van der Waals surface area contributed by atoms with Crippen LogP contribution in [0.3, 0.4) is 0 Å². The third-order valence-corrected chi connectivity index (χ3v) is 3.27. The van der Waals surface area contributed by atoms with Crippen molar-refractivity contribution in [1.29, 1.82) is 0 Å². The fourth-order valence-corrected chi connectivity index (χ4v) is 2.19. The second-order valence-electron chi connectivity index (χ2n) is 5.16. The molecule has 0 heterocycles. The summed E-state index contributed by atoms with van der Waals surface area (Å²) in [6.07, 6.45) is 1.82. The minimum absolute atomic E-state index is 0.505. The monoisotopic (exact) mass is 247 g/mol. The van der Waals surface area contributed by atoms with Gasteiger partial charge in [0.15, 0.2) is 5.88 Å². The molecule has 1 aromatic rings. The predicted octanol–water partition coefficient (Wildman–Crippen LogP) is 4.05. The summed E-state index contributed by atoms with van der Waals surface area (Å²) in [6, 6.07) is 6.18. The fraction of sp³-hybridized carbons (Fsp3) is 0.357. The van der Waals surface area contributed by atoms with Crippen LogP contribution in [0.5, 0.6) is 0 Å². The van der Waals surface area contributed by atoms with Crippen LogP contribution in [0.2, 0.25) is 19.6 Å². The molecule has 0 aliphatic rings. The molecule has 0 atom stereocenters. The van der Waals surface area contributed by atoms with E-state index in [0.717, 1.165) is 5.56 Å². The molecule has 3 heteroatoms. The normalized spacial score (nSPS) is 11.8. The molecule has 0 amide bonds. The summed E-state index contributed by atoms with van der Waals surface area (Å²) in [4.78, 5) is 4.27. The van der Waals surface area contributed by atoms with Gasteiger partial charge in [-0.3, -0.25) is 0 Å². The Kier molecular flexibility index (Phi) is 4.29. The first-order valence-electron chi connectivity index (χ1n) is 5.78. The van der Waals surface area contributed by atoms with Gasteiger partial charge in [-0.1, -0.05) is 18.2 Å². The Morgan fingerprint density at radius 2 is 1.94 bits per heavy atom. The molecule has 0 radical (unpaired) electrons. The van der Waals surface area contributed by atoms with Gasteiger partial charge in [0.05, 0.1) is 0 Å². The third kappa shape index (κ3) is 4.57.